The number of hydrogen-bond donors (Lipinski definition) is 2. The Morgan fingerprint density at radius 3 is 1.74 bits per heavy atom. The van der Waals surface area contributed by atoms with Crippen LogP contribution >= 0.6 is 9.12 Å². The molecule has 66 heavy (non-hydrogen) atoms. The van der Waals surface area contributed by atoms with Crippen LogP contribution in [0.1, 0.15) is 138 Å². The Morgan fingerprint density at radius 2 is 1.29 bits per heavy atom. The summed E-state index contributed by atoms with van der Waals surface area (Å²) in [5.74, 6) is 0. The molecular weight excluding hydrogens is 818 g/mol. The van der Waals surface area contributed by atoms with E-state index in [1.54, 1.807) is 12.2 Å². The van der Waals surface area contributed by atoms with Crippen LogP contribution in [0.15, 0.2) is 170 Å². The van der Waals surface area contributed by atoms with Crippen LogP contribution in [0.5, 0.6) is 0 Å². The molecule has 4 aromatic rings. The number of dihydropyridines is 2. The van der Waals surface area contributed by atoms with Gasteiger partial charge in [0.15, 0.2) is 0 Å². The van der Waals surface area contributed by atoms with Crippen molar-refractivity contribution in [2.75, 3.05) is 6.54 Å². The zero-order valence-electron chi connectivity index (χ0n) is 44.4. The highest BCUT2D eigenvalue weighted by atomic mass is 31.0. The number of allylic oxidation sites excluding steroid dienone is 9. The average molecular weight is 914 g/mol. The summed E-state index contributed by atoms with van der Waals surface area (Å²) in [5, 5.41) is 6.82. The molecule has 2 aromatic heterocycles. The highest BCUT2D eigenvalue weighted by Gasteiger charge is 2.22. The molecule has 2 unspecified atom stereocenters. The van der Waals surface area contributed by atoms with Gasteiger partial charge in [-0.25, -0.2) is 0 Å². The van der Waals surface area contributed by atoms with Crippen molar-refractivity contribution < 1.29 is 0 Å². The van der Waals surface area contributed by atoms with E-state index in [0.29, 0.717) is 0 Å². The molecule has 363 valence electrons. The molecule has 0 amide bonds. The van der Waals surface area contributed by atoms with Crippen LogP contribution in [0, 0.1) is 20.8 Å². The molecule has 0 fully saturated rings. The molecule has 2 aliphatic rings. The summed E-state index contributed by atoms with van der Waals surface area (Å²) >= 11 is 0. The molecule has 0 saturated carbocycles. The Kier molecular flexibility index (Phi) is 50.4. The first-order chi connectivity index (χ1) is 31.5. The SMILES string of the molecule is C.C/C=C/C1=CCNC=C1C.C=CC.C=CC.C=CCc1ccncc1C.CC.CC.CC.CC.CC1=C(c2nc(C)cc(-c3ccccc3)c2C)NC(C)C=C1c1ccccc1.C[B]P. The van der Waals surface area contributed by atoms with Gasteiger partial charge in [-0.1, -0.05) is 173 Å². The second kappa shape index (κ2) is 47.7. The standard InChI is InChI=1S/C26H26N2.C9H13N.C9H11N.2C3H6.4C2H6.CH5BP.CH4/c1-17-15-23(21-11-7-5-8-12-21)19(3)25(27-17)26-20(4)24(16-18(2)28-26)22-13-9-6-10-14-22;2*1-3-4-9-5-6-10-7-8(9)2;2*1-3-2;4*1-2;1-2-3;/h5-17,27H,1-4H3;3-5,7,10H,6H2,1-2H3;3,5-7H,1,4H2,2H3;2*3H,1H2,2H3;4*1-2H3;3H2,1H3;1H4/b;4-3+;;;;;;;;;. The lowest BCUT2D eigenvalue weighted by molar-refractivity contribution is 0.770. The number of rotatable bonds is 6. The first kappa shape index (κ1) is 69.8. The van der Waals surface area contributed by atoms with E-state index < -0.39 is 0 Å². The lowest BCUT2D eigenvalue weighted by Gasteiger charge is -2.27. The Morgan fingerprint density at radius 1 is 0.788 bits per heavy atom. The van der Waals surface area contributed by atoms with Crippen LogP contribution in [0.3, 0.4) is 0 Å². The molecule has 0 aliphatic carbocycles. The predicted octanol–water partition coefficient (Wildman–Crippen LogP) is 17.9. The maximum atomic E-state index is 4.95. The lowest BCUT2D eigenvalue weighted by atomic mass is 9.89. The molecule has 0 bridgehead atoms. The Labute approximate surface area is 412 Å². The summed E-state index contributed by atoms with van der Waals surface area (Å²) in [7, 11) is 2.45. The van der Waals surface area contributed by atoms with Gasteiger partial charge in [-0.15, -0.1) is 19.7 Å². The summed E-state index contributed by atoms with van der Waals surface area (Å²) in [4.78, 5) is 8.94. The number of aromatic nitrogens is 2. The molecule has 2 aliphatic heterocycles. The van der Waals surface area contributed by atoms with E-state index >= 15 is 0 Å². The van der Waals surface area contributed by atoms with Crippen LogP contribution < -0.4 is 10.6 Å². The Hall–Kier alpha value is -5.25. The molecular formula is C60H95BN4P. The van der Waals surface area contributed by atoms with Gasteiger partial charge >= 0.3 is 0 Å². The number of aryl methyl sites for hydroxylation is 2. The van der Waals surface area contributed by atoms with Crippen molar-refractivity contribution in [2.24, 2.45) is 0 Å². The van der Waals surface area contributed by atoms with Gasteiger partial charge in [0, 0.05) is 36.9 Å². The number of pyridine rings is 2. The second-order valence-electron chi connectivity index (χ2n) is 13.4. The van der Waals surface area contributed by atoms with Gasteiger partial charge in [-0.2, -0.15) is 9.12 Å². The quantitative estimate of drug-likeness (QED) is 0.115. The third-order valence-corrected chi connectivity index (χ3v) is 8.44. The van der Waals surface area contributed by atoms with Gasteiger partial charge in [0.1, 0.15) is 7.00 Å². The molecule has 2 N–H and O–H groups in total. The Balaban J connectivity index is -0.000000271. The summed E-state index contributed by atoms with van der Waals surface area (Å²) in [6.45, 7) is 49.9. The van der Waals surface area contributed by atoms with Crippen molar-refractivity contribution in [1.29, 1.82) is 0 Å². The maximum absolute atomic E-state index is 4.95. The predicted molar refractivity (Wildman–Crippen MR) is 311 cm³/mol. The highest BCUT2D eigenvalue weighted by Crippen LogP contribution is 2.35. The minimum Gasteiger partial charge on any atom is -0.387 e. The van der Waals surface area contributed by atoms with Crippen molar-refractivity contribution in [3.8, 4) is 11.1 Å². The zero-order valence-corrected chi connectivity index (χ0v) is 45.5. The number of nitrogens with zero attached hydrogens (tertiary/aromatic N) is 2. The van der Waals surface area contributed by atoms with Crippen molar-refractivity contribution in [1.82, 2.24) is 20.6 Å². The van der Waals surface area contributed by atoms with E-state index in [1.165, 1.54) is 55.7 Å². The van der Waals surface area contributed by atoms with Gasteiger partial charge in [0.05, 0.1) is 11.4 Å². The number of hydrogen-bond acceptors (Lipinski definition) is 4. The molecule has 0 spiro atoms. The molecule has 2 atom stereocenters. The Bertz CT molecular complexity index is 1970. The highest BCUT2D eigenvalue weighted by molar-refractivity contribution is 7.55. The fourth-order valence-electron chi connectivity index (χ4n) is 5.85. The monoisotopic (exact) mass is 914 g/mol. The fourth-order valence-corrected chi connectivity index (χ4v) is 5.85. The average Bonchev–Trinajstić information content (AvgIpc) is 3.34. The first-order valence-corrected chi connectivity index (χ1v) is 24.3. The van der Waals surface area contributed by atoms with E-state index in [4.69, 9.17) is 4.98 Å². The van der Waals surface area contributed by atoms with E-state index in [1.807, 2.05) is 115 Å². The molecule has 1 radical (unpaired) electrons. The number of nitrogens with one attached hydrogen (secondary N) is 2. The second-order valence-corrected chi connectivity index (χ2v) is 14.0. The maximum Gasteiger partial charge on any atom is 0.134 e. The third kappa shape index (κ3) is 28.6. The lowest BCUT2D eigenvalue weighted by Crippen LogP contribution is -2.28. The van der Waals surface area contributed by atoms with Gasteiger partial charge in [0.2, 0.25) is 0 Å². The first-order valence-electron chi connectivity index (χ1n) is 23.6. The van der Waals surface area contributed by atoms with E-state index in [-0.39, 0.29) is 13.5 Å². The normalized spacial score (nSPS) is 12.2. The van der Waals surface area contributed by atoms with E-state index in [0.717, 1.165) is 30.1 Å². The summed E-state index contributed by atoms with van der Waals surface area (Å²) in [6, 6.07) is 25.6. The van der Waals surface area contributed by atoms with Crippen LogP contribution in [-0.4, -0.2) is 29.6 Å². The molecule has 6 rings (SSSR count). The van der Waals surface area contributed by atoms with Crippen molar-refractivity contribution in [2.45, 2.75) is 144 Å². The van der Waals surface area contributed by atoms with Gasteiger partial charge in [0.25, 0.3) is 0 Å². The minimum atomic E-state index is 0. The molecule has 2 aromatic carbocycles. The van der Waals surface area contributed by atoms with Gasteiger partial charge < -0.3 is 10.6 Å². The topological polar surface area (TPSA) is 49.8 Å². The molecule has 0 saturated heterocycles. The summed E-state index contributed by atoms with van der Waals surface area (Å²) in [6.07, 6.45) is 20.8. The van der Waals surface area contributed by atoms with Crippen molar-refractivity contribution in [3.63, 3.8) is 0 Å². The molecule has 4 heterocycles. The smallest absolute Gasteiger partial charge is 0.134 e. The minimum absolute atomic E-state index is 0. The number of benzene rings is 2. The van der Waals surface area contributed by atoms with Gasteiger partial charge in [-0.05, 0) is 137 Å². The van der Waals surface area contributed by atoms with E-state index in [2.05, 4.69) is 183 Å². The van der Waals surface area contributed by atoms with Crippen LogP contribution in [0.4, 0.5) is 0 Å². The molecule has 6 heteroatoms. The van der Waals surface area contributed by atoms with Crippen molar-refractivity contribution in [3.05, 3.63) is 204 Å². The van der Waals surface area contributed by atoms with Crippen LogP contribution in [0.25, 0.3) is 22.4 Å². The van der Waals surface area contributed by atoms with Gasteiger partial charge in [-0.3, -0.25) is 9.97 Å². The largest absolute Gasteiger partial charge is 0.387 e. The molecule has 4 nitrogen and oxygen atoms in total. The van der Waals surface area contributed by atoms with E-state index in [9.17, 15) is 0 Å². The van der Waals surface area contributed by atoms with Crippen LogP contribution in [0.2, 0.25) is 6.82 Å². The van der Waals surface area contributed by atoms with Crippen molar-refractivity contribution >= 4 is 27.4 Å². The third-order valence-electron chi connectivity index (χ3n) is 8.44. The zero-order chi connectivity index (χ0) is 50.6. The summed E-state index contributed by atoms with van der Waals surface area (Å²) in [5.41, 5.74) is 15.9. The summed E-state index contributed by atoms with van der Waals surface area (Å²) < 4.78 is 0. The fraction of sp³-hybridized carbons (Fsp3) is 0.367. The van der Waals surface area contributed by atoms with Crippen LogP contribution in [-0.2, 0) is 6.42 Å².